The molecule has 0 bridgehead atoms. The molecule has 0 aromatic heterocycles. The lowest BCUT2D eigenvalue weighted by Gasteiger charge is -2.07. The van der Waals surface area contributed by atoms with Gasteiger partial charge in [-0.05, 0) is 18.2 Å². The van der Waals surface area contributed by atoms with Gasteiger partial charge in [-0.1, -0.05) is 6.07 Å². The lowest BCUT2D eigenvalue weighted by atomic mass is 10.2. The van der Waals surface area contributed by atoms with Crippen molar-refractivity contribution in [1.29, 1.82) is 10.5 Å². The molecule has 0 aliphatic rings. The molecule has 0 aliphatic heterocycles. The van der Waals surface area contributed by atoms with Crippen molar-refractivity contribution in [2.75, 3.05) is 16.3 Å². The second-order valence-corrected chi connectivity index (χ2v) is 5.13. The zero-order chi connectivity index (χ0) is 13.6. The molecule has 1 rings (SSSR count). The molecule has 1 aromatic rings. The van der Waals surface area contributed by atoms with Crippen molar-refractivity contribution in [2.45, 2.75) is 0 Å². The zero-order valence-electron chi connectivity index (χ0n) is 9.51. The Hall–Kier alpha value is -2.51. The molecule has 1 aromatic carbocycles. The van der Waals surface area contributed by atoms with Gasteiger partial charge < -0.3 is 5.32 Å². The summed E-state index contributed by atoms with van der Waals surface area (Å²) in [4.78, 5) is 0. The number of hydrogen-bond acceptors (Lipinski definition) is 5. The Morgan fingerprint density at radius 1 is 1.33 bits per heavy atom. The van der Waals surface area contributed by atoms with E-state index in [0.29, 0.717) is 11.4 Å². The lowest BCUT2D eigenvalue weighted by Crippen LogP contribution is -2.09. The van der Waals surface area contributed by atoms with E-state index >= 15 is 0 Å². The Balaban J connectivity index is 2.94. The maximum Gasteiger partial charge on any atom is 0.229 e. The van der Waals surface area contributed by atoms with E-state index < -0.39 is 10.0 Å². The van der Waals surface area contributed by atoms with Crippen LogP contribution in [0.5, 0.6) is 0 Å². The molecule has 0 fully saturated rings. The summed E-state index contributed by atoms with van der Waals surface area (Å²) in [7, 11) is -3.35. The van der Waals surface area contributed by atoms with E-state index in [0.717, 1.165) is 12.3 Å². The highest BCUT2D eigenvalue weighted by molar-refractivity contribution is 7.92. The van der Waals surface area contributed by atoms with Gasteiger partial charge >= 0.3 is 0 Å². The molecule has 0 heterocycles. The Kier molecular flexibility index (Phi) is 4.30. The van der Waals surface area contributed by atoms with Crippen LogP contribution in [0.1, 0.15) is 0 Å². The summed E-state index contributed by atoms with van der Waals surface area (Å²) < 4.78 is 24.4. The monoisotopic (exact) mass is 262 g/mol. The maximum atomic E-state index is 11.1. The topological polar surface area (TPSA) is 106 Å². The SMILES string of the molecule is CS(=O)(=O)Nc1cccc(NC(C#N)=CC#N)c1. The van der Waals surface area contributed by atoms with Gasteiger partial charge in [0.05, 0.1) is 24.1 Å². The number of rotatable bonds is 4. The van der Waals surface area contributed by atoms with Crippen LogP contribution in [0.15, 0.2) is 36.0 Å². The zero-order valence-corrected chi connectivity index (χ0v) is 10.3. The van der Waals surface area contributed by atoms with Crippen molar-refractivity contribution in [2.24, 2.45) is 0 Å². The number of nitrogens with zero attached hydrogens (tertiary/aromatic N) is 2. The highest BCUT2D eigenvalue weighted by Crippen LogP contribution is 2.17. The minimum Gasteiger partial charge on any atom is -0.346 e. The number of nitrogens with one attached hydrogen (secondary N) is 2. The number of benzene rings is 1. The molecule has 0 radical (unpaired) electrons. The Morgan fingerprint density at radius 2 is 2.00 bits per heavy atom. The first-order valence-electron chi connectivity index (χ1n) is 4.79. The van der Waals surface area contributed by atoms with Gasteiger partial charge in [0.25, 0.3) is 0 Å². The van der Waals surface area contributed by atoms with E-state index in [9.17, 15) is 8.42 Å². The highest BCUT2D eigenvalue weighted by atomic mass is 32.2. The molecule has 0 saturated carbocycles. The second-order valence-electron chi connectivity index (χ2n) is 3.38. The fraction of sp³-hybridized carbons (Fsp3) is 0.0909. The Labute approximate surface area is 105 Å². The number of anilines is 2. The number of allylic oxidation sites excluding steroid dienone is 2. The molecule has 0 amide bonds. The van der Waals surface area contributed by atoms with Crippen LogP contribution in [0.3, 0.4) is 0 Å². The molecule has 18 heavy (non-hydrogen) atoms. The average molecular weight is 262 g/mol. The number of nitriles is 2. The molecule has 92 valence electrons. The smallest absolute Gasteiger partial charge is 0.229 e. The summed E-state index contributed by atoms with van der Waals surface area (Å²) in [5.74, 6) is 0. The van der Waals surface area contributed by atoms with Gasteiger partial charge in [-0.3, -0.25) is 4.72 Å². The Morgan fingerprint density at radius 3 is 2.56 bits per heavy atom. The van der Waals surface area contributed by atoms with Crippen molar-refractivity contribution in [3.63, 3.8) is 0 Å². The van der Waals surface area contributed by atoms with Crippen molar-refractivity contribution in [1.82, 2.24) is 0 Å². The van der Waals surface area contributed by atoms with Crippen LogP contribution in [0.4, 0.5) is 11.4 Å². The van der Waals surface area contributed by atoms with Crippen molar-refractivity contribution in [3.05, 3.63) is 36.0 Å². The van der Waals surface area contributed by atoms with Crippen molar-refractivity contribution >= 4 is 21.4 Å². The van der Waals surface area contributed by atoms with E-state index in [-0.39, 0.29) is 5.70 Å². The third kappa shape index (κ3) is 4.56. The quantitative estimate of drug-likeness (QED) is 0.798. The molecule has 0 spiro atoms. The van der Waals surface area contributed by atoms with E-state index in [1.807, 2.05) is 6.07 Å². The van der Waals surface area contributed by atoms with Crippen LogP contribution in [0, 0.1) is 22.7 Å². The molecule has 2 N–H and O–H groups in total. The van der Waals surface area contributed by atoms with Crippen LogP contribution in [0.25, 0.3) is 0 Å². The number of sulfonamides is 1. The predicted molar refractivity (Wildman–Crippen MR) is 67.8 cm³/mol. The number of hydrogen-bond donors (Lipinski definition) is 2. The first kappa shape index (κ1) is 13.6. The summed E-state index contributed by atoms with van der Waals surface area (Å²) in [6.07, 6.45) is 2.11. The van der Waals surface area contributed by atoms with Crippen LogP contribution in [-0.2, 0) is 10.0 Å². The molecule has 0 atom stereocenters. The summed E-state index contributed by atoms with van der Waals surface area (Å²) in [5, 5.41) is 19.9. The first-order valence-corrected chi connectivity index (χ1v) is 6.68. The minimum atomic E-state index is -3.35. The van der Waals surface area contributed by atoms with Crippen LogP contribution >= 0.6 is 0 Å². The van der Waals surface area contributed by atoms with Crippen molar-refractivity contribution < 1.29 is 8.42 Å². The molecular weight excluding hydrogens is 252 g/mol. The van der Waals surface area contributed by atoms with Gasteiger partial charge in [0.15, 0.2) is 0 Å². The molecular formula is C11H10N4O2S. The minimum absolute atomic E-state index is 0.0778. The maximum absolute atomic E-state index is 11.1. The van der Waals surface area contributed by atoms with E-state index in [1.54, 1.807) is 24.3 Å². The predicted octanol–water partition coefficient (Wildman–Crippen LogP) is 1.40. The summed E-state index contributed by atoms with van der Waals surface area (Å²) in [6.45, 7) is 0. The van der Waals surface area contributed by atoms with E-state index in [1.165, 1.54) is 6.07 Å². The summed E-state index contributed by atoms with van der Waals surface area (Å²) in [5.41, 5.74) is 0.956. The fourth-order valence-electron chi connectivity index (χ4n) is 1.19. The van der Waals surface area contributed by atoms with Gasteiger partial charge in [0, 0.05) is 5.69 Å². The second kappa shape index (κ2) is 5.71. The summed E-state index contributed by atoms with van der Waals surface area (Å²) >= 11 is 0. The Bertz CT molecular complexity index is 650. The third-order valence-electron chi connectivity index (χ3n) is 1.77. The van der Waals surface area contributed by atoms with Gasteiger partial charge in [-0.2, -0.15) is 10.5 Å². The normalized spacial score (nSPS) is 11.2. The standard InChI is InChI=1S/C11H10N4O2S/c1-18(16,17)15-10-4-2-3-9(7-10)14-11(8-13)5-6-12/h2-5,7,14-15H,1H3. The van der Waals surface area contributed by atoms with Gasteiger partial charge in [0.1, 0.15) is 11.8 Å². The highest BCUT2D eigenvalue weighted by Gasteiger charge is 2.03. The fourth-order valence-corrected chi connectivity index (χ4v) is 1.75. The summed E-state index contributed by atoms with van der Waals surface area (Å²) in [6, 6.07) is 9.91. The lowest BCUT2D eigenvalue weighted by molar-refractivity contribution is 0.607. The average Bonchev–Trinajstić information content (AvgIpc) is 2.26. The third-order valence-corrected chi connectivity index (χ3v) is 2.38. The van der Waals surface area contributed by atoms with Crippen LogP contribution < -0.4 is 10.0 Å². The van der Waals surface area contributed by atoms with Gasteiger partial charge in [-0.15, -0.1) is 0 Å². The van der Waals surface area contributed by atoms with Crippen LogP contribution in [0.2, 0.25) is 0 Å². The van der Waals surface area contributed by atoms with E-state index in [4.69, 9.17) is 10.5 Å². The molecule has 6 nitrogen and oxygen atoms in total. The van der Waals surface area contributed by atoms with Gasteiger partial charge in [-0.25, -0.2) is 8.42 Å². The molecule has 0 unspecified atom stereocenters. The molecule has 7 heteroatoms. The molecule has 0 saturated heterocycles. The molecule has 0 aliphatic carbocycles. The first-order chi connectivity index (χ1) is 8.44. The van der Waals surface area contributed by atoms with Crippen molar-refractivity contribution in [3.8, 4) is 12.1 Å². The van der Waals surface area contributed by atoms with Crippen LogP contribution in [-0.4, -0.2) is 14.7 Å². The van der Waals surface area contributed by atoms with Gasteiger partial charge in [0.2, 0.25) is 10.0 Å². The van der Waals surface area contributed by atoms with E-state index in [2.05, 4.69) is 10.0 Å². The largest absolute Gasteiger partial charge is 0.346 e.